The van der Waals surface area contributed by atoms with E-state index in [1.807, 2.05) is 10.6 Å². The highest BCUT2D eigenvalue weighted by molar-refractivity contribution is 5.97. The molecule has 34 heteroatoms. The van der Waals surface area contributed by atoms with Crippen LogP contribution in [0.1, 0.15) is 129 Å². The molecule has 0 aliphatic carbocycles. The summed E-state index contributed by atoms with van der Waals surface area (Å²) in [5, 5.41) is 60.8. The van der Waals surface area contributed by atoms with Gasteiger partial charge in [0.15, 0.2) is 5.96 Å². The Kier molecular flexibility index (Phi) is 41.1. The van der Waals surface area contributed by atoms with Crippen molar-refractivity contribution in [3.05, 3.63) is 0 Å². The molecule has 19 N–H and O–H groups in total. The van der Waals surface area contributed by atoms with E-state index in [1.54, 1.807) is 0 Å². The molecule has 480 valence electrons. The number of hydrogen-bond acceptors (Lipinski definition) is 17. The number of aliphatic hydroxyl groups is 1. The van der Waals surface area contributed by atoms with E-state index in [0.717, 1.165) is 24.2 Å². The van der Waals surface area contributed by atoms with Crippen molar-refractivity contribution in [3.8, 4) is 0 Å². The molecule has 0 aliphatic rings. The number of carboxylic acid groups (broad SMARTS) is 3. The van der Waals surface area contributed by atoms with Gasteiger partial charge in [0.2, 0.25) is 70.9 Å². The van der Waals surface area contributed by atoms with Crippen molar-refractivity contribution in [2.24, 2.45) is 16.5 Å². The number of aliphatic hydroxyl groups excluding tert-OH is 1. The minimum atomic E-state index is -1.88. The van der Waals surface area contributed by atoms with Crippen molar-refractivity contribution in [2.45, 2.75) is 153 Å². The molecule has 0 aromatic heterocycles. The SMILES string of the molecule is CCCCCCCCCCCCCCCC(=O)NCC(=O)N(C)CC(=O)NCC(=O)NCC(=O)NCC(=O)NCC(=O)NCC(=O)N[C@@H](CCC(=O)O)C(=O)N[C@@H](CCCN=C(N)N)C(=O)NCC(=O)N[C@@H](CC(=O)O)C(=O)N[C@@H](CO)C(=O)O. The minimum absolute atomic E-state index is 0.0108. The number of nitrogens with one attached hydrogen (secondary N) is 11. The number of hydrogen-bond donors (Lipinski definition) is 17. The number of nitrogens with two attached hydrogens (primary N) is 2. The highest BCUT2D eigenvalue weighted by atomic mass is 16.4. The van der Waals surface area contributed by atoms with Gasteiger partial charge in [-0.2, -0.15) is 0 Å². The van der Waals surface area contributed by atoms with Crippen LogP contribution in [-0.2, 0) is 71.9 Å². The van der Waals surface area contributed by atoms with Crippen molar-refractivity contribution in [1.82, 2.24) is 63.4 Å². The summed E-state index contributed by atoms with van der Waals surface area (Å²) in [6.45, 7) is -4.05. The fourth-order valence-corrected chi connectivity index (χ4v) is 7.41. The highest BCUT2D eigenvalue weighted by Crippen LogP contribution is 2.13. The fraction of sp³-hybridized carbons (Fsp3) is 0.686. The summed E-state index contributed by atoms with van der Waals surface area (Å²) in [4.78, 5) is 190. The number of unbranched alkanes of at least 4 members (excludes halogenated alkanes) is 12. The lowest BCUT2D eigenvalue weighted by Crippen LogP contribution is -2.56. The van der Waals surface area contributed by atoms with Crippen LogP contribution in [0.5, 0.6) is 0 Å². The third-order valence-electron chi connectivity index (χ3n) is 12.1. The summed E-state index contributed by atoms with van der Waals surface area (Å²) < 4.78 is 0. The Balaban J connectivity index is 4.91. The van der Waals surface area contributed by atoms with E-state index in [9.17, 15) is 87.2 Å². The van der Waals surface area contributed by atoms with Crippen LogP contribution in [0.4, 0.5) is 0 Å². The molecule has 0 aromatic rings. The number of likely N-dealkylation sites (N-methyl/N-ethyl adjacent to an activating group) is 1. The monoisotopic (exact) mass is 1210 g/mol. The number of carbonyl (C=O) groups is 15. The molecular formula is C51H87N15O19. The Hall–Kier alpha value is -8.72. The molecule has 0 aliphatic heterocycles. The molecule has 0 unspecified atom stereocenters. The summed E-state index contributed by atoms with van der Waals surface area (Å²) in [5.41, 5.74) is 10.7. The standard InChI is InChI=1S/C51H87N15O19/c1-3-4-5-6-7-8-9-10-11-12-13-14-15-18-36(68)60-29-44(76)66(2)30-43(75)59-26-40(72)57-24-38(70)55-23-37(69)56-25-39(71)58-27-41(73)62-33(19-20-45(77)78)48(82)64-32(17-16-21-54-51(52)53)47(81)61-28-42(74)63-34(22-46(79)80)49(83)65-35(31-67)50(84)85/h32-35,67H,3-31H2,1-2H3,(H,55,70)(H,56,69)(H,57,72)(H,58,71)(H,59,75)(H,60,68)(H,61,81)(H,62,73)(H,63,74)(H,64,82)(H,65,83)(H,77,78)(H,79,80)(H,84,85)(H4,52,53,54)/t32-,33-,34-,35-/m0/s1. The second-order valence-corrected chi connectivity index (χ2v) is 19.5. The van der Waals surface area contributed by atoms with E-state index in [1.165, 1.54) is 64.8 Å². The molecule has 0 bridgehead atoms. The molecule has 0 saturated heterocycles. The Morgan fingerprint density at radius 3 is 1.29 bits per heavy atom. The van der Waals surface area contributed by atoms with Crippen LogP contribution >= 0.6 is 0 Å². The summed E-state index contributed by atoms with van der Waals surface area (Å²) in [6, 6.07) is -6.93. The zero-order valence-electron chi connectivity index (χ0n) is 48.3. The topological polar surface area (TPSA) is 537 Å². The Morgan fingerprint density at radius 2 is 0.835 bits per heavy atom. The van der Waals surface area contributed by atoms with E-state index in [2.05, 4.69) is 59.8 Å². The molecule has 0 rings (SSSR count). The zero-order valence-corrected chi connectivity index (χ0v) is 48.3. The van der Waals surface area contributed by atoms with Gasteiger partial charge in [-0.05, 0) is 25.7 Å². The van der Waals surface area contributed by atoms with Gasteiger partial charge in [-0.1, -0.05) is 84.0 Å². The van der Waals surface area contributed by atoms with Crippen LogP contribution in [0.25, 0.3) is 0 Å². The summed E-state index contributed by atoms with van der Waals surface area (Å²) >= 11 is 0. The van der Waals surface area contributed by atoms with E-state index < -0.39 is 179 Å². The summed E-state index contributed by atoms with van der Waals surface area (Å²) in [6.07, 6.45) is 13.0. The summed E-state index contributed by atoms with van der Waals surface area (Å²) in [7, 11) is 1.35. The number of aliphatic carboxylic acids is 3. The van der Waals surface area contributed by atoms with Crippen molar-refractivity contribution >= 4 is 94.8 Å². The van der Waals surface area contributed by atoms with Gasteiger partial charge >= 0.3 is 17.9 Å². The van der Waals surface area contributed by atoms with Crippen molar-refractivity contribution in [2.75, 3.05) is 72.6 Å². The van der Waals surface area contributed by atoms with Crippen LogP contribution in [0, 0.1) is 0 Å². The number of nitrogens with zero attached hydrogens (tertiary/aromatic N) is 2. The number of carboxylic acids is 3. The molecule has 34 nitrogen and oxygen atoms in total. The van der Waals surface area contributed by atoms with E-state index >= 15 is 0 Å². The maximum Gasteiger partial charge on any atom is 0.328 e. The number of carbonyl (C=O) groups excluding carboxylic acids is 12. The lowest BCUT2D eigenvalue weighted by Gasteiger charge is -2.23. The first-order chi connectivity index (χ1) is 40.3. The third-order valence-corrected chi connectivity index (χ3v) is 12.1. The molecule has 0 heterocycles. The number of aliphatic imine (C=N–C) groups is 1. The van der Waals surface area contributed by atoms with Gasteiger partial charge in [0.1, 0.15) is 24.2 Å². The third kappa shape index (κ3) is 41.0. The fourth-order valence-electron chi connectivity index (χ4n) is 7.41. The second kappa shape index (κ2) is 45.8. The van der Waals surface area contributed by atoms with Crippen molar-refractivity contribution < 1.29 is 92.3 Å². The second-order valence-electron chi connectivity index (χ2n) is 19.5. The first-order valence-corrected chi connectivity index (χ1v) is 27.9. The Labute approximate surface area is 491 Å². The largest absolute Gasteiger partial charge is 0.481 e. The van der Waals surface area contributed by atoms with Crippen LogP contribution < -0.4 is 70.0 Å². The molecule has 0 fully saturated rings. The Morgan fingerprint density at radius 1 is 0.424 bits per heavy atom. The van der Waals surface area contributed by atoms with Crippen LogP contribution in [-0.4, -0.2) is 217 Å². The minimum Gasteiger partial charge on any atom is -0.481 e. The normalized spacial score (nSPS) is 11.9. The van der Waals surface area contributed by atoms with Gasteiger partial charge in [0.05, 0.1) is 65.4 Å². The predicted octanol–water partition coefficient (Wildman–Crippen LogP) is -5.85. The van der Waals surface area contributed by atoms with Crippen molar-refractivity contribution in [1.29, 1.82) is 0 Å². The smallest absolute Gasteiger partial charge is 0.328 e. The molecule has 0 spiro atoms. The lowest BCUT2D eigenvalue weighted by atomic mass is 10.0. The number of guanidine groups is 1. The molecule has 0 aromatic carbocycles. The quantitative estimate of drug-likeness (QED) is 0.0153. The van der Waals surface area contributed by atoms with Crippen LogP contribution in [0.15, 0.2) is 4.99 Å². The summed E-state index contributed by atoms with van der Waals surface area (Å²) in [5.74, 6) is -15.7. The molecule has 0 radical (unpaired) electrons. The van der Waals surface area contributed by atoms with Crippen molar-refractivity contribution in [3.63, 3.8) is 0 Å². The maximum absolute atomic E-state index is 13.4. The van der Waals surface area contributed by atoms with Gasteiger partial charge in [0, 0.05) is 26.4 Å². The van der Waals surface area contributed by atoms with E-state index in [4.69, 9.17) is 16.6 Å². The molecule has 0 saturated carbocycles. The number of rotatable bonds is 48. The van der Waals surface area contributed by atoms with Crippen LogP contribution in [0.2, 0.25) is 0 Å². The van der Waals surface area contributed by atoms with Gasteiger partial charge in [-0.25, -0.2) is 4.79 Å². The average Bonchev–Trinajstić information content (AvgIpc) is 3.61. The number of amides is 12. The highest BCUT2D eigenvalue weighted by Gasteiger charge is 2.30. The van der Waals surface area contributed by atoms with Gasteiger partial charge in [-0.15, -0.1) is 0 Å². The lowest BCUT2D eigenvalue weighted by molar-refractivity contribution is -0.144. The maximum atomic E-state index is 13.4. The van der Waals surface area contributed by atoms with Crippen LogP contribution in [0.3, 0.4) is 0 Å². The predicted molar refractivity (Wildman–Crippen MR) is 300 cm³/mol. The van der Waals surface area contributed by atoms with E-state index in [0.29, 0.717) is 6.42 Å². The molecular weight excluding hydrogens is 1130 g/mol. The van der Waals surface area contributed by atoms with E-state index in [-0.39, 0.29) is 44.2 Å². The molecule has 85 heavy (non-hydrogen) atoms. The van der Waals surface area contributed by atoms with Gasteiger partial charge in [0.25, 0.3) is 0 Å². The molecule has 4 atom stereocenters. The van der Waals surface area contributed by atoms with Gasteiger partial charge in [-0.3, -0.25) is 72.1 Å². The van der Waals surface area contributed by atoms with Gasteiger partial charge < -0.3 is 95.3 Å². The Bertz CT molecular complexity index is 2270. The molecule has 12 amide bonds. The first kappa shape index (κ1) is 76.3. The first-order valence-electron chi connectivity index (χ1n) is 27.9. The average molecular weight is 1210 g/mol. The zero-order chi connectivity index (χ0) is 64.1.